The van der Waals surface area contributed by atoms with Crippen molar-refractivity contribution in [2.75, 3.05) is 37.4 Å². The molecule has 0 aliphatic carbocycles. The lowest BCUT2D eigenvalue weighted by Gasteiger charge is -2.33. The lowest BCUT2D eigenvalue weighted by Crippen LogP contribution is -2.50. The van der Waals surface area contributed by atoms with E-state index >= 15 is 0 Å². The molecule has 1 unspecified atom stereocenters. The van der Waals surface area contributed by atoms with Gasteiger partial charge in [0, 0.05) is 29.9 Å². The van der Waals surface area contributed by atoms with Gasteiger partial charge < -0.3 is 30.4 Å². The Labute approximate surface area is 212 Å². The van der Waals surface area contributed by atoms with Crippen LogP contribution in [0, 0.1) is 0 Å². The minimum atomic E-state index is -1.00. The molecule has 11 nitrogen and oxygen atoms in total. The third kappa shape index (κ3) is 5.78. The van der Waals surface area contributed by atoms with Crippen LogP contribution in [0.5, 0.6) is 11.5 Å². The number of benzene rings is 2. The molecule has 190 valence electrons. The number of pyridine rings is 1. The molecule has 5 rings (SSSR count). The Morgan fingerprint density at radius 3 is 2.78 bits per heavy atom. The van der Waals surface area contributed by atoms with Gasteiger partial charge in [-0.25, -0.2) is 14.8 Å². The third-order valence-electron chi connectivity index (χ3n) is 5.90. The van der Waals surface area contributed by atoms with Crippen LogP contribution in [-0.4, -0.2) is 63.5 Å². The summed E-state index contributed by atoms with van der Waals surface area (Å²) in [6, 6.07) is 16.3. The van der Waals surface area contributed by atoms with Crippen LogP contribution in [0.2, 0.25) is 0 Å². The molecule has 4 aromatic rings. The van der Waals surface area contributed by atoms with Crippen LogP contribution in [0.25, 0.3) is 10.9 Å². The van der Waals surface area contributed by atoms with Gasteiger partial charge in [0.05, 0.1) is 36.2 Å². The number of morpholine rings is 1. The molecule has 0 bridgehead atoms. The highest BCUT2D eigenvalue weighted by molar-refractivity contribution is 5.94. The first-order chi connectivity index (χ1) is 18.1. The maximum atomic E-state index is 11.5. The first kappa shape index (κ1) is 24.1. The van der Waals surface area contributed by atoms with Crippen molar-refractivity contribution in [3.05, 3.63) is 72.8 Å². The summed E-state index contributed by atoms with van der Waals surface area (Å²) in [5.74, 6) is 1.73. The number of aromatic nitrogens is 3. The Kier molecular flexibility index (Phi) is 7.13. The van der Waals surface area contributed by atoms with Crippen LogP contribution in [0.4, 0.5) is 22.0 Å². The largest absolute Gasteiger partial charge is 0.489 e. The van der Waals surface area contributed by atoms with Crippen LogP contribution in [-0.2, 0) is 11.3 Å². The van der Waals surface area contributed by atoms with Crippen molar-refractivity contribution in [3.63, 3.8) is 0 Å². The van der Waals surface area contributed by atoms with Gasteiger partial charge in [0.2, 0.25) is 0 Å². The fourth-order valence-electron chi connectivity index (χ4n) is 3.97. The number of hydrogen-bond acceptors (Lipinski definition) is 9. The quantitative estimate of drug-likeness (QED) is 0.305. The van der Waals surface area contributed by atoms with E-state index in [0.717, 1.165) is 22.5 Å². The number of nitrogen functional groups attached to an aromatic ring is 1. The van der Waals surface area contributed by atoms with Crippen LogP contribution >= 0.6 is 0 Å². The van der Waals surface area contributed by atoms with Crippen molar-refractivity contribution in [2.24, 2.45) is 0 Å². The molecule has 2 aromatic heterocycles. The summed E-state index contributed by atoms with van der Waals surface area (Å²) < 4.78 is 17.1. The van der Waals surface area contributed by atoms with Crippen molar-refractivity contribution < 1.29 is 24.1 Å². The molecular formula is C26H26N6O5. The summed E-state index contributed by atoms with van der Waals surface area (Å²) in [6.07, 6.45) is 2.19. The Morgan fingerprint density at radius 1 is 1.14 bits per heavy atom. The molecule has 1 aliphatic rings. The molecule has 11 heteroatoms. The number of nitrogens with two attached hydrogens (primary N) is 1. The van der Waals surface area contributed by atoms with Crippen LogP contribution < -0.4 is 20.5 Å². The number of ether oxygens (including phenoxy) is 3. The number of rotatable bonds is 8. The number of carboxylic acid groups (broad SMARTS) is 1. The second kappa shape index (κ2) is 11.0. The minimum absolute atomic E-state index is 0.118. The van der Waals surface area contributed by atoms with Gasteiger partial charge in [-0.1, -0.05) is 6.07 Å². The molecule has 1 atom stereocenters. The first-order valence-corrected chi connectivity index (χ1v) is 11.7. The predicted octanol–water partition coefficient (Wildman–Crippen LogP) is 3.69. The molecule has 2 aromatic carbocycles. The second-order valence-corrected chi connectivity index (χ2v) is 8.40. The van der Waals surface area contributed by atoms with E-state index in [1.165, 1.54) is 11.2 Å². The summed E-state index contributed by atoms with van der Waals surface area (Å²) in [5, 5.41) is 13.4. The summed E-state index contributed by atoms with van der Waals surface area (Å²) >= 11 is 0. The maximum absolute atomic E-state index is 11.5. The van der Waals surface area contributed by atoms with Crippen LogP contribution in [0.1, 0.15) is 5.69 Å². The number of anilines is 3. The molecule has 0 spiro atoms. The van der Waals surface area contributed by atoms with E-state index in [1.54, 1.807) is 18.3 Å². The number of carbonyl (C=O) groups is 1. The smallest absolute Gasteiger partial charge is 0.407 e. The third-order valence-corrected chi connectivity index (χ3v) is 5.90. The molecule has 4 N–H and O–H groups in total. The molecule has 0 saturated carbocycles. The summed E-state index contributed by atoms with van der Waals surface area (Å²) in [5.41, 5.74) is 8.96. The van der Waals surface area contributed by atoms with E-state index in [-0.39, 0.29) is 13.2 Å². The normalized spacial score (nSPS) is 15.4. The standard InChI is InChI=1S/C26H26N6O5/c27-22-11-21-23(12-24(22)37-15-19-14-35-10-9-32(19)26(33)34)29-16-30-25(21)31-17-4-6-20(7-5-17)36-13-18-3-1-2-8-28-18/h1-8,11-12,16,19H,9-10,13-15,27H2,(H,33,34)(H,29,30,31). The van der Waals surface area contributed by atoms with E-state index in [4.69, 9.17) is 19.9 Å². The highest BCUT2D eigenvalue weighted by atomic mass is 16.5. The minimum Gasteiger partial charge on any atom is -0.489 e. The van der Waals surface area contributed by atoms with Gasteiger partial charge in [0.1, 0.15) is 36.9 Å². The van der Waals surface area contributed by atoms with Crippen molar-refractivity contribution >= 4 is 34.2 Å². The van der Waals surface area contributed by atoms with Gasteiger partial charge in [-0.3, -0.25) is 9.88 Å². The van der Waals surface area contributed by atoms with E-state index < -0.39 is 12.1 Å². The van der Waals surface area contributed by atoms with Crippen LogP contribution in [0.3, 0.4) is 0 Å². The zero-order valence-corrected chi connectivity index (χ0v) is 19.9. The fraction of sp³-hybridized carbons (Fsp3) is 0.231. The number of amides is 1. The van der Waals surface area contributed by atoms with Gasteiger partial charge in [-0.15, -0.1) is 0 Å². The zero-order valence-electron chi connectivity index (χ0n) is 19.9. The average Bonchev–Trinajstić information content (AvgIpc) is 2.92. The Balaban J connectivity index is 1.26. The topological polar surface area (TPSA) is 145 Å². The molecule has 37 heavy (non-hydrogen) atoms. The van der Waals surface area contributed by atoms with E-state index in [0.29, 0.717) is 42.5 Å². The molecular weight excluding hydrogens is 476 g/mol. The molecule has 1 aliphatic heterocycles. The fourth-order valence-corrected chi connectivity index (χ4v) is 3.97. The van der Waals surface area contributed by atoms with Crippen molar-refractivity contribution in [2.45, 2.75) is 12.6 Å². The Morgan fingerprint density at radius 2 is 2.00 bits per heavy atom. The van der Waals surface area contributed by atoms with Crippen molar-refractivity contribution in [1.82, 2.24) is 19.9 Å². The first-order valence-electron chi connectivity index (χ1n) is 11.7. The van der Waals surface area contributed by atoms with Crippen molar-refractivity contribution in [1.29, 1.82) is 0 Å². The number of hydrogen-bond donors (Lipinski definition) is 3. The predicted molar refractivity (Wildman–Crippen MR) is 137 cm³/mol. The lowest BCUT2D eigenvalue weighted by atomic mass is 10.2. The number of nitrogens with one attached hydrogen (secondary N) is 1. The van der Waals surface area contributed by atoms with Gasteiger partial charge in [-0.2, -0.15) is 0 Å². The van der Waals surface area contributed by atoms with E-state index in [1.807, 2.05) is 42.5 Å². The maximum Gasteiger partial charge on any atom is 0.407 e. The molecule has 3 heterocycles. The van der Waals surface area contributed by atoms with Gasteiger partial charge in [-0.05, 0) is 42.5 Å². The lowest BCUT2D eigenvalue weighted by molar-refractivity contribution is -0.0147. The van der Waals surface area contributed by atoms with Gasteiger partial charge in [0.15, 0.2) is 0 Å². The van der Waals surface area contributed by atoms with Gasteiger partial charge in [0.25, 0.3) is 0 Å². The monoisotopic (exact) mass is 502 g/mol. The highest BCUT2D eigenvalue weighted by Crippen LogP contribution is 2.32. The van der Waals surface area contributed by atoms with Crippen LogP contribution in [0.15, 0.2) is 67.1 Å². The van der Waals surface area contributed by atoms with E-state index in [2.05, 4.69) is 20.3 Å². The number of fused-ring (bicyclic) bond motifs is 1. The summed E-state index contributed by atoms with van der Waals surface area (Å²) in [4.78, 5) is 25.8. The SMILES string of the molecule is Nc1cc2c(Nc3ccc(OCc4ccccn4)cc3)ncnc2cc1OCC1COCCN1C(=O)O. The Hall–Kier alpha value is -4.64. The summed E-state index contributed by atoms with van der Waals surface area (Å²) in [7, 11) is 0. The molecule has 1 fully saturated rings. The Bertz CT molecular complexity index is 1370. The molecule has 0 radical (unpaired) electrons. The van der Waals surface area contributed by atoms with Gasteiger partial charge >= 0.3 is 6.09 Å². The molecule has 1 saturated heterocycles. The van der Waals surface area contributed by atoms with E-state index in [9.17, 15) is 9.90 Å². The van der Waals surface area contributed by atoms with Crippen molar-refractivity contribution in [3.8, 4) is 11.5 Å². The number of nitrogens with zero attached hydrogens (tertiary/aromatic N) is 4. The average molecular weight is 503 g/mol. The second-order valence-electron chi connectivity index (χ2n) is 8.40. The molecule has 1 amide bonds. The summed E-state index contributed by atoms with van der Waals surface area (Å²) in [6.45, 7) is 1.44. The zero-order chi connectivity index (χ0) is 25.6. The highest BCUT2D eigenvalue weighted by Gasteiger charge is 2.28.